The third kappa shape index (κ3) is 3.75. The van der Waals surface area contributed by atoms with Gasteiger partial charge in [0.05, 0.1) is 12.5 Å². The van der Waals surface area contributed by atoms with Crippen molar-refractivity contribution >= 4 is 11.9 Å². The number of hydrogen-bond donors (Lipinski definition) is 0. The fourth-order valence-electron chi connectivity index (χ4n) is 2.77. The lowest BCUT2D eigenvalue weighted by Gasteiger charge is -2.29. The zero-order chi connectivity index (χ0) is 15.9. The Labute approximate surface area is 131 Å². The van der Waals surface area contributed by atoms with Gasteiger partial charge in [-0.1, -0.05) is 36.8 Å². The highest BCUT2D eigenvalue weighted by atomic mass is 16.5. The van der Waals surface area contributed by atoms with Crippen LogP contribution < -0.4 is 0 Å². The number of amides is 1. The summed E-state index contributed by atoms with van der Waals surface area (Å²) < 4.78 is 5.13. The maximum atomic E-state index is 12.4. The van der Waals surface area contributed by atoms with Gasteiger partial charge in [-0.05, 0) is 31.9 Å². The van der Waals surface area contributed by atoms with Gasteiger partial charge in [0.15, 0.2) is 0 Å². The van der Waals surface area contributed by atoms with Gasteiger partial charge in [0.1, 0.15) is 0 Å². The fraction of sp³-hybridized carbons (Fsp3) is 0.444. The summed E-state index contributed by atoms with van der Waals surface area (Å²) in [6.07, 6.45) is 3.47. The summed E-state index contributed by atoms with van der Waals surface area (Å²) in [5.74, 6) is -0.284. The second-order valence-corrected chi connectivity index (χ2v) is 5.36. The minimum absolute atomic E-state index is 0.0417. The summed E-state index contributed by atoms with van der Waals surface area (Å²) in [5, 5.41) is 0. The van der Waals surface area contributed by atoms with Crippen LogP contribution in [0.5, 0.6) is 0 Å². The molecule has 0 radical (unpaired) electrons. The Kier molecular flexibility index (Phi) is 5.75. The first kappa shape index (κ1) is 16.3. The van der Waals surface area contributed by atoms with Crippen LogP contribution in [-0.4, -0.2) is 36.5 Å². The van der Waals surface area contributed by atoms with Crippen molar-refractivity contribution < 1.29 is 14.3 Å². The smallest absolute Gasteiger partial charge is 0.313 e. The molecule has 0 aromatic heterocycles. The predicted octanol–water partition coefficient (Wildman–Crippen LogP) is 3.05. The van der Waals surface area contributed by atoms with Crippen molar-refractivity contribution in [3.63, 3.8) is 0 Å². The van der Waals surface area contributed by atoms with Crippen molar-refractivity contribution in [1.29, 1.82) is 0 Å². The predicted molar refractivity (Wildman–Crippen MR) is 85.5 cm³/mol. The van der Waals surface area contributed by atoms with Gasteiger partial charge in [-0.15, -0.1) is 0 Å². The first-order chi connectivity index (χ1) is 10.7. The molecule has 0 spiro atoms. The van der Waals surface area contributed by atoms with Gasteiger partial charge in [-0.3, -0.25) is 9.59 Å². The molecule has 0 aliphatic carbocycles. The van der Waals surface area contributed by atoms with E-state index in [-0.39, 0.29) is 17.8 Å². The van der Waals surface area contributed by atoms with Crippen LogP contribution in [0.1, 0.15) is 37.0 Å². The molecule has 0 saturated carbocycles. The molecule has 0 fully saturated rings. The summed E-state index contributed by atoms with van der Waals surface area (Å²) in [7, 11) is 0. The Morgan fingerprint density at radius 1 is 1.23 bits per heavy atom. The number of esters is 1. The van der Waals surface area contributed by atoms with E-state index in [1.807, 2.05) is 55.2 Å². The van der Waals surface area contributed by atoms with Crippen LogP contribution in [0.15, 0.2) is 42.0 Å². The van der Waals surface area contributed by atoms with Gasteiger partial charge < -0.3 is 9.64 Å². The van der Waals surface area contributed by atoms with Crippen LogP contribution in [0.25, 0.3) is 0 Å². The van der Waals surface area contributed by atoms with Gasteiger partial charge in [0.2, 0.25) is 0 Å². The molecule has 1 aliphatic rings. The monoisotopic (exact) mass is 301 g/mol. The lowest BCUT2D eigenvalue weighted by atomic mass is 9.91. The topological polar surface area (TPSA) is 46.6 Å². The van der Waals surface area contributed by atoms with Gasteiger partial charge in [0.25, 0.3) is 5.91 Å². The first-order valence-corrected chi connectivity index (χ1v) is 7.87. The highest BCUT2D eigenvalue weighted by Crippen LogP contribution is 2.24. The highest BCUT2D eigenvalue weighted by molar-refractivity contribution is 5.94. The molecule has 1 unspecified atom stereocenters. The molecule has 1 aliphatic heterocycles. The van der Waals surface area contributed by atoms with Crippen molar-refractivity contribution in [2.75, 3.05) is 19.7 Å². The maximum absolute atomic E-state index is 12.4. The van der Waals surface area contributed by atoms with E-state index >= 15 is 0 Å². The molecule has 1 aromatic rings. The molecular weight excluding hydrogens is 278 g/mol. The molecule has 118 valence electrons. The average Bonchev–Trinajstić information content (AvgIpc) is 2.56. The maximum Gasteiger partial charge on any atom is 0.313 e. The Morgan fingerprint density at radius 3 is 2.50 bits per heavy atom. The molecule has 22 heavy (non-hydrogen) atoms. The van der Waals surface area contributed by atoms with E-state index in [2.05, 4.69) is 0 Å². The first-order valence-electron chi connectivity index (χ1n) is 7.87. The fourth-order valence-corrected chi connectivity index (χ4v) is 2.77. The van der Waals surface area contributed by atoms with E-state index in [9.17, 15) is 9.59 Å². The molecule has 0 saturated heterocycles. The van der Waals surface area contributed by atoms with Crippen molar-refractivity contribution in [2.45, 2.75) is 26.7 Å². The number of hydrogen-bond acceptors (Lipinski definition) is 3. The summed E-state index contributed by atoms with van der Waals surface area (Å²) in [5.41, 5.74) is 1.80. The minimum atomic E-state index is -0.172. The molecule has 1 aromatic carbocycles. The van der Waals surface area contributed by atoms with Crippen molar-refractivity contribution in [1.82, 2.24) is 4.90 Å². The lowest BCUT2D eigenvalue weighted by molar-refractivity contribution is -0.146. The summed E-state index contributed by atoms with van der Waals surface area (Å²) in [6.45, 7) is 5.42. The third-order valence-corrected chi connectivity index (χ3v) is 3.98. The van der Waals surface area contributed by atoms with Gasteiger partial charge >= 0.3 is 5.97 Å². The average molecular weight is 301 g/mol. The van der Waals surface area contributed by atoms with Crippen molar-refractivity contribution in [2.24, 2.45) is 5.92 Å². The molecule has 0 bridgehead atoms. The summed E-state index contributed by atoms with van der Waals surface area (Å²) >= 11 is 0. The molecule has 1 heterocycles. The Bertz CT molecular complexity index is 551. The van der Waals surface area contributed by atoms with Gasteiger partial charge in [-0.2, -0.15) is 0 Å². The second-order valence-electron chi connectivity index (χ2n) is 5.36. The molecule has 1 amide bonds. The molecular formula is C18H23NO3. The number of nitrogens with zero attached hydrogens (tertiary/aromatic N) is 1. The van der Waals surface area contributed by atoms with Crippen LogP contribution in [-0.2, 0) is 9.53 Å². The zero-order valence-electron chi connectivity index (χ0n) is 13.2. The van der Waals surface area contributed by atoms with Crippen molar-refractivity contribution in [3.05, 3.63) is 47.5 Å². The third-order valence-electron chi connectivity index (χ3n) is 3.98. The van der Waals surface area contributed by atoms with Gasteiger partial charge in [0, 0.05) is 18.7 Å². The molecule has 2 rings (SSSR count). The summed E-state index contributed by atoms with van der Waals surface area (Å²) in [6, 6.07) is 9.29. The quantitative estimate of drug-likeness (QED) is 0.620. The number of ether oxygens (including phenoxy) is 1. The van der Waals surface area contributed by atoms with E-state index < -0.39 is 0 Å². The Balaban J connectivity index is 2.02. The van der Waals surface area contributed by atoms with E-state index in [1.165, 1.54) is 0 Å². The van der Waals surface area contributed by atoms with Crippen LogP contribution in [0, 0.1) is 5.92 Å². The highest BCUT2D eigenvalue weighted by Gasteiger charge is 2.26. The second kappa shape index (κ2) is 7.78. The lowest BCUT2D eigenvalue weighted by Crippen LogP contribution is -2.36. The van der Waals surface area contributed by atoms with E-state index in [4.69, 9.17) is 4.74 Å². The molecule has 0 N–H and O–H groups in total. The minimum Gasteiger partial charge on any atom is -0.466 e. The standard InChI is InChI=1S/C18H23NO3/c1-3-16(18(21)22-4-2)14-10-12-19(13-11-14)17(20)15-8-6-5-7-9-15/h5-10,16H,3-4,11-13H2,1-2H3. The molecule has 4 heteroatoms. The Hall–Kier alpha value is -2.10. The normalized spacial score (nSPS) is 15.9. The largest absolute Gasteiger partial charge is 0.466 e. The molecule has 4 nitrogen and oxygen atoms in total. The number of carbonyl (C=O) groups is 2. The van der Waals surface area contributed by atoms with E-state index in [1.54, 1.807) is 0 Å². The van der Waals surface area contributed by atoms with Crippen molar-refractivity contribution in [3.8, 4) is 0 Å². The number of carbonyl (C=O) groups excluding carboxylic acids is 2. The number of rotatable bonds is 5. The van der Waals surface area contributed by atoms with Crippen LogP contribution in [0.4, 0.5) is 0 Å². The SMILES string of the molecule is CCOC(=O)C(CC)C1=CCN(C(=O)c2ccccc2)CC1. The van der Waals surface area contributed by atoms with Crippen LogP contribution in [0.3, 0.4) is 0 Å². The Morgan fingerprint density at radius 2 is 1.95 bits per heavy atom. The zero-order valence-corrected chi connectivity index (χ0v) is 13.2. The summed E-state index contributed by atoms with van der Waals surface area (Å²) in [4.78, 5) is 26.2. The number of benzene rings is 1. The van der Waals surface area contributed by atoms with E-state index in [0.717, 1.165) is 18.4 Å². The van der Waals surface area contributed by atoms with E-state index in [0.29, 0.717) is 25.3 Å². The van der Waals surface area contributed by atoms with Crippen LogP contribution >= 0.6 is 0 Å². The van der Waals surface area contributed by atoms with Gasteiger partial charge in [-0.25, -0.2) is 0 Å². The molecule has 1 atom stereocenters. The van der Waals surface area contributed by atoms with Crippen LogP contribution in [0.2, 0.25) is 0 Å².